The largest absolute Gasteiger partial charge is 0.492 e. The Bertz CT molecular complexity index is 1410. The number of aromatic nitrogens is 5. The summed E-state index contributed by atoms with van der Waals surface area (Å²) < 4.78 is 51.8. The number of benzene rings is 1. The summed E-state index contributed by atoms with van der Waals surface area (Å²) in [5, 5.41) is 12.4. The first-order valence-electron chi connectivity index (χ1n) is 11.6. The molecule has 0 aliphatic rings. The van der Waals surface area contributed by atoms with Crippen molar-refractivity contribution >= 4 is 39.8 Å². The molecule has 4 aromatic rings. The smallest absolute Gasteiger partial charge is 0.254 e. The van der Waals surface area contributed by atoms with Crippen molar-refractivity contribution in [3.8, 4) is 5.75 Å². The predicted molar refractivity (Wildman–Crippen MR) is 113 cm³/mol. The SMILES string of the molecule is [2H]C([2H])([2H])NC(=O)c1cnc(Nc2ccncn2)cc1Nc1ccc2cnn(C([2H])([2H])[2H])c2c1OC. The van der Waals surface area contributed by atoms with E-state index in [2.05, 4.69) is 30.7 Å². The van der Waals surface area contributed by atoms with E-state index >= 15 is 0 Å². The van der Waals surface area contributed by atoms with Crippen LogP contribution in [0.5, 0.6) is 5.75 Å². The van der Waals surface area contributed by atoms with E-state index in [1.165, 1.54) is 38.1 Å². The molecule has 0 atom stereocenters. The maximum absolute atomic E-state index is 12.7. The molecule has 3 N–H and O–H groups in total. The number of nitrogens with one attached hydrogen (secondary N) is 3. The first kappa shape index (κ1) is 13.1. The molecule has 0 saturated heterocycles. The van der Waals surface area contributed by atoms with E-state index in [0.717, 1.165) is 4.68 Å². The summed E-state index contributed by atoms with van der Waals surface area (Å²) in [5.41, 5.74) is 0.606. The number of amides is 1. The standard InChI is InChI=1S/C20H20N8O2/c1-21-20(29)13-10-23-17(27-16-6-7-22-11-24-16)8-15(13)26-14-5-4-12-9-25-28(2)18(12)19(14)30-3/h4-11H,1-3H3,(H,21,29)(H2,22,23,24,26,27)/i1D3,2D3. The van der Waals surface area contributed by atoms with Crippen LogP contribution in [0, 0.1) is 0 Å². The Hall–Kier alpha value is -4.21. The van der Waals surface area contributed by atoms with Gasteiger partial charge in [0, 0.05) is 46.0 Å². The molecule has 4 rings (SSSR count). The minimum atomic E-state index is -2.73. The van der Waals surface area contributed by atoms with Crippen LogP contribution in [0.15, 0.2) is 49.2 Å². The Balaban J connectivity index is 1.80. The predicted octanol–water partition coefficient (Wildman–Crippen LogP) is 2.61. The lowest BCUT2D eigenvalue weighted by Gasteiger charge is -2.16. The molecule has 0 aliphatic carbocycles. The molecule has 1 aromatic carbocycles. The van der Waals surface area contributed by atoms with Crippen LogP contribution in [0.1, 0.15) is 18.6 Å². The lowest BCUT2D eigenvalue weighted by Crippen LogP contribution is -2.19. The molecule has 30 heavy (non-hydrogen) atoms. The molecule has 0 radical (unpaired) electrons. The first-order chi connectivity index (χ1) is 17.0. The second-order valence-corrected chi connectivity index (χ2v) is 6.05. The molecule has 3 aromatic heterocycles. The maximum atomic E-state index is 12.7. The molecule has 10 nitrogen and oxygen atoms in total. The number of hydrogen-bond acceptors (Lipinski definition) is 8. The highest BCUT2D eigenvalue weighted by Crippen LogP contribution is 2.36. The van der Waals surface area contributed by atoms with Crippen molar-refractivity contribution in [3.63, 3.8) is 0 Å². The van der Waals surface area contributed by atoms with Crippen LogP contribution >= 0.6 is 0 Å². The van der Waals surface area contributed by atoms with Crippen molar-refractivity contribution in [1.29, 1.82) is 0 Å². The van der Waals surface area contributed by atoms with Gasteiger partial charge in [0.1, 0.15) is 23.5 Å². The number of methoxy groups -OCH3 is 1. The van der Waals surface area contributed by atoms with Gasteiger partial charge in [0.05, 0.1) is 30.2 Å². The first-order valence-corrected chi connectivity index (χ1v) is 8.64. The van der Waals surface area contributed by atoms with E-state index in [-0.39, 0.29) is 28.3 Å². The zero-order valence-electron chi connectivity index (χ0n) is 21.7. The van der Waals surface area contributed by atoms with E-state index in [1.807, 2.05) is 5.32 Å². The third kappa shape index (κ3) is 3.58. The molecule has 3 heterocycles. The van der Waals surface area contributed by atoms with E-state index in [1.54, 1.807) is 18.2 Å². The van der Waals surface area contributed by atoms with Gasteiger partial charge in [-0.3, -0.25) is 9.48 Å². The molecule has 0 spiro atoms. The summed E-state index contributed by atoms with van der Waals surface area (Å²) in [6.45, 7) is -5.29. The summed E-state index contributed by atoms with van der Waals surface area (Å²) in [5.74, 6) is -0.0190. The lowest BCUT2D eigenvalue weighted by atomic mass is 10.1. The molecular formula is C20H20N8O2. The number of hydrogen-bond donors (Lipinski definition) is 3. The maximum Gasteiger partial charge on any atom is 0.254 e. The van der Waals surface area contributed by atoms with Gasteiger partial charge in [0.25, 0.3) is 5.91 Å². The fraction of sp³-hybridized carbons (Fsp3) is 0.150. The highest BCUT2D eigenvalue weighted by Gasteiger charge is 2.17. The molecule has 0 unspecified atom stereocenters. The molecule has 0 aliphatic heterocycles. The average Bonchev–Trinajstić information content (AvgIpc) is 3.23. The van der Waals surface area contributed by atoms with Gasteiger partial charge in [0.2, 0.25) is 0 Å². The topological polar surface area (TPSA) is 119 Å². The third-order valence-electron chi connectivity index (χ3n) is 4.26. The Kier molecular flexibility index (Phi) is 3.51. The summed E-state index contributed by atoms with van der Waals surface area (Å²) in [6.07, 6.45) is 5.47. The number of ether oxygens (including phenoxy) is 1. The highest BCUT2D eigenvalue weighted by molar-refractivity contribution is 6.01. The van der Waals surface area contributed by atoms with Gasteiger partial charge < -0.3 is 20.7 Å². The van der Waals surface area contributed by atoms with Crippen LogP contribution in [-0.4, -0.2) is 44.7 Å². The Morgan fingerprint density at radius 1 is 1.13 bits per heavy atom. The molecule has 152 valence electrons. The minimum absolute atomic E-state index is 0.0779. The van der Waals surface area contributed by atoms with Gasteiger partial charge >= 0.3 is 0 Å². The van der Waals surface area contributed by atoms with Crippen LogP contribution in [0.2, 0.25) is 0 Å². The van der Waals surface area contributed by atoms with Gasteiger partial charge in [0.15, 0.2) is 5.75 Å². The van der Waals surface area contributed by atoms with E-state index in [4.69, 9.17) is 13.0 Å². The summed E-state index contributed by atoms with van der Waals surface area (Å²) in [4.78, 5) is 24.8. The van der Waals surface area contributed by atoms with Crippen LogP contribution < -0.4 is 20.7 Å². The van der Waals surface area contributed by atoms with Gasteiger partial charge in [-0.15, -0.1) is 0 Å². The summed E-state index contributed by atoms with van der Waals surface area (Å²) >= 11 is 0. The van der Waals surface area contributed by atoms with Gasteiger partial charge in [-0.2, -0.15) is 5.10 Å². The number of nitrogens with zero attached hydrogens (tertiary/aromatic N) is 5. The summed E-state index contributed by atoms with van der Waals surface area (Å²) in [7, 11) is 1.37. The average molecular weight is 410 g/mol. The van der Waals surface area contributed by atoms with Crippen LogP contribution in [0.25, 0.3) is 10.9 Å². The van der Waals surface area contributed by atoms with Crippen molar-refractivity contribution in [2.75, 3.05) is 24.7 Å². The van der Waals surface area contributed by atoms with Crippen molar-refractivity contribution < 1.29 is 17.8 Å². The third-order valence-corrected chi connectivity index (χ3v) is 4.26. The number of rotatable bonds is 6. The van der Waals surface area contributed by atoms with Gasteiger partial charge in [-0.1, -0.05) is 0 Å². The van der Waals surface area contributed by atoms with E-state index < -0.39 is 19.9 Å². The minimum Gasteiger partial charge on any atom is -0.492 e. The second-order valence-electron chi connectivity index (χ2n) is 6.05. The zero-order valence-corrected chi connectivity index (χ0v) is 15.7. The fourth-order valence-corrected chi connectivity index (χ4v) is 2.91. The molecule has 0 bridgehead atoms. The number of carbonyl (C=O) groups is 1. The lowest BCUT2D eigenvalue weighted by molar-refractivity contribution is 0.0963. The molecular weight excluding hydrogens is 384 g/mol. The van der Waals surface area contributed by atoms with Crippen molar-refractivity contribution in [1.82, 2.24) is 30.0 Å². The normalized spacial score (nSPS) is 14.4. The molecule has 1 amide bonds. The molecule has 10 heteroatoms. The van der Waals surface area contributed by atoms with Crippen LogP contribution in [0.4, 0.5) is 23.0 Å². The summed E-state index contributed by atoms with van der Waals surface area (Å²) in [6, 6.07) is 6.34. The van der Waals surface area contributed by atoms with E-state index in [9.17, 15) is 4.79 Å². The Morgan fingerprint density at radius 2 is 2.07 bits per heavy atom. The van der Waals surface area contributed by atoms with Crippen molar-refractivity contribution in [3.05, 3.63) is 54.7 Å². The number of anilines is 4. The fourth-order valence-electron chi connectivity index (χ4n) is 2.91. The zero-order chi connectivity index (χ0) is 26.1. The van der Waals surface area contributed by atoms with Crippen molar-refractivity contribution in [2.45, 2.75) is 0 Å². The Morgan fingerprint density at radius 3 is 2.83 bits per heavy atom. The van der Waals surface area contributed by atoms with Crippen LogP contribution in [0.3, 0.4) is 0 Å². The molecule has 0 fully saturated rings. The van der Waals surface area contributed by atoms with Crippen molar-refractivity contribution in [2.24, 2.45) is 6.98 Å². The molecule has 0 saturated carbocycles. The monoisotopic (exact) mass is 410 g/mol. The van der Waals surface area contributed by atoms with Gasteiger partial charge in [-0.25, -0.2) is 15.0 Å². The number of pyridine rings is 1. The Labute approximate surface area is 180 Å². The highest BCUT2D eigenvalue weighted by atomic mass is 16.5. The number of fused-ring (bicyclic) bond motifs is 1. The van der Waals surface area contributed by atoms with Gasteiger partial charge in [-0.05, 0) is 18.2 Å². The number of carbonyl (C=O) groups excluding carboxylic acids is 1. The number of aryl methyl sites for hydroxylation is 1. The second kappa shape index (κ2) is 8.03. The van der Waals surface area contributed by atoms with Crippen LogP contribution in [-0.2, 0) is 6.98 Å². The quantitative estimate of drug-likeness (QED) is 0.444. The van der Waals surface area contributed by atoms with E-state index in [0.29, 0.717) is 16.9 Å².